The highest BCUT2D eigenvalue weighted by atomic mass is 16.5. The molecule has 6 nitrogen and oxygen atoms in total. The molecule has 2 aromatic rings. The first-order valence-corrected chi connectivity index (χ1v) is 9.58. The second-order valence-corrected chi connectivity index (χ2v) is 7.76. The third kappa shape index (κ3) is 3.72. The molecule has 0 unspecified atom stereocenters. The van der Waals surface area contributed by atoms with Gasteiger partial charge < -0.3 is 13.9 Å². The first kappa shape index (κ1) is 18.0. The van der Waals surface area contributed by atoms with Crippen molar-refractivity contribution in [2.45, 2.75) is 65.1 Å². The van der Waals surface area contributed by atoms with Crippen LogP contribution < -0.4 is 10.4 Å². The molecule has 1 aromatic heterocycles. The van der Waals surface area contributed by atoms with Gasteiger partial charge in [0.1, 0.15) is 18.1 Å². The van der Waals surface area contributed by atoms with Crippen molar-refractivity contribution < 1.29 is 18.7 Å². The summed E-state index contributed by atoms with van der Waals surface area (Å²) in [5, 5.41) is 0.904. The molecule has 0 bridgehead atoms. The molecular formula is C21H25NO5. The van der Waals surface area contributed by atoms with Crippen molar-refractivity contribution >= 4 is 16.9 Å². The van der Waals surface area contributed by atoms with E-state index >= 15 is 0 Å². The molecular weight excluding hydrogens is 346 g/mol. The lowest BCUT2D eigenvalue weighted by Crippen LogP contribution is -2.34. The number of rotatable bonds is 5. The van der Waals surface area contributed by atoms with E-state index in [1.165, 1.54) is 18.9 Å². The van der Waals surface area contributed by atoms with Gasteiger partial charge in [-0.3, -0.25) is 9.69 Å². The zero-order valence-corrected chi connectivity index (χ0v) is 16.0. The van der Waals surface area contributed by atoms with Crippen LogP contribution in [-0.2, 0) is 22.5 Å². The Bertz CT molecular complexity index is 942. The fraction of sp³-hybridized carbons (Fsp3) is 0.524. The molecule has 27 heavy (non-hydrogen) atoms. The zero-order chi connectivity index (χ0) is 19.1. The van der Waals surface area contributed by atoms with Crippen LogP contribution >= 0.6 is 0 Å². The number of aryl methyl sites for hydroxylation is 2. The van der Waals surface area contributed by atoms with Crippen LogP contribution in [0.5, 0.6) is 5.75 Å². The second-order valence-electron chi connectivity index (χ2n) is 7.76. The number of esters is 1. The van der Waals surface area contributed by atoms with Crippen molar-refractivity contribution in [2.24, 2.45) is 0 Å². The normalized spacial score (nSPS) is 17.0. The molecule has 0 atom stereocenters. The summed E-state index contributed by atoms with van der Waals surface area (Å²) in [6.07, 6.45) is 3.07. The summed E-state index contributed by atoms with van der Waals surface area (Å²) in [6, 6.07) is 4.05. The third-order valence-corrected chi connectivity index (χ3v) is 5.13. The molecule has 0 amide bonds. The van der Waals surface area contributed by atoms with Crippen LogP contribution in [0.1, 0.15) is 49.8 Å². The number of hydrogen-bond donors (Lipinski definition) is 0. The van der Waals surface area contributed by atoms with E-state index in [2.05, 4.69) is 4.90 Å². The molecule has 6 heteroatoms. The number of nitrogens with zero attached hydrogens (tertiary/aromatic N) is 1. The predicted molar refractivity (Wildman–Crippen MR) is 101 cm³/mol. The topological polar surface area (TPSA) is 69.0 Å². The van der Waals surface area contributed by atoms with Crippen molar-refractivity contribution in [3.05, 3.63) is 39.2 Å². The van der Waals surface area contributed by atoms with Crippen LogP contribution in [0.4, 0.5) is 0 Å². The largest absolute Gasteiger partial charge is 0.477 e. The van der Waals surface area contributed by atoms with Gasteiger partial charge in [-0.25, -0.2) is 4.79 Å². The molecule has 144 valence electrons. The van der Waals surface area contributed by atoms with Crippen molar-refractivity contribution in [1.82, 2.24) is 4.90 Å². The van der Waals surface area contributed by atoms with E-state index in [4.69, 9.17) is 13.9 Å². The number of ether oxygens (including phenoxy) is 2. The maximum Gasteiger partial charge on any atom is 0.336 e. The van der Waals surface area contributed by atoms with Crippen molar-refractivity contribution in [2.75, 3.05) is 6.73 Å². The van der Waals surface area contributed by atoms with Crippen molar-refractivity contribution in [3.8, 4) is 5.75 Å². The Kier molecular flexibility index (Phi) is 4.68. The summed E-state index contributed by atoms with van der Waals surface area (Å²) in [7, 11) is 0. The minimum Gasteiger partial charge on any atom is -0.477 e. The fourth-order valence-corrected chi connectivity index (χ4v) is 3.70. The van der Waals surface area contributed by atoms with Crippen LogP contribution in [0.3, 0.4) is 0 Å². The van der Waals surface area contributed by atoms with Crippen LogP contribution in [0.2, 0.25) is 0 Å². The van der Waals surface area contributed by atoms with Gasteiger partial charge in [-0.15, -0.1) is 0 Å². The predicted octanol–water partition coefficient (Wildman–Crippen LogP) is 3.30. The molecule has 1 saturated carbocycles. The van der Waals surface area contributed by atoms with Gasteiger partial charge in [0.05, 0.1) is 11.7 Å². The van der Waals surface area contributed by atoms with Gasteiger partial charge in [0.25, 0.3) is 0 Å². The van der Waals surface area contributed by atoms with Crippen LogP contribution in [0.15, 0.2) is 21.3 Å². The lowest BCUT2D eigenvalue weighted by molar-refractivity contribution is -0.147. The van der Waals surface area contributed by atoms with Crippen LogP contribution in [-0.4, -0.2) is 29.7 Å². The summed E-state index contributed by atoms with van der Waals surface area (Å²) in [5.74, 6) is 0.538. The average molecular weight is 371 g/mol. The number of fused-ring (bicyclic) bond motifs is 3. The smallest absolute Gasteiger partial charge is 0.336 e. The Labute approximate surface area is 158 Å². The first-order chi connectivity index (χ1) is 12.9. The zero-order valence-electron chi connectivity index (χ0n) is 16.0. The molecule has 4 rings (SSSR count). The molecule has 0 saturated heterocycles. The van der Waals surface area contributed by atoms with Gasteiger partial charge in [0.2, 0.25) is 0 Å². The third-order valence-electron chi connectivity index (χ3n) is 5.13. The van der Waals surface area contributed by atoms with E-state index in [0.29, 0.717) is 37.7 Å². The Morgan fingerprint density at radius 2 is 2.11 bits per heavy atom. The lowest BCUT2D eigenvalue weighted by Gasteiger charge is -2.31. The average Bonchev–Trinajstić information content (AvgIpc) is 3.44. The Hall–Kier alpha value is -2.34. The number of carbonyl (C=O) groups excluding carboxylic acids is 1. The molecule has 0 spiro atoms. The summed E-state index contributed by atoms with van der Waals surface area (Å²) >= 11 is 0. The monoisotopic (exact) mass is 371 g/mol. The van der Waals surface area contributed by atoms with Gasteiger partial charge in [-0.2, -0.15) is 0 Å². The molecule has 0 N–H and O–H groups in total. The fourth-order valence-electron chi connectivity index (χ4n) is 3.70. The van der Waals surface area contributed by atoms with Crippen molar-refractivity contribution in [1.29, 1.82) is 0 Å². The molecule has 1 aliphatic heterocycles. The standard InChI is InChI=1S/C21H25NO5/c1-12(2)26-18(23)7-4-14-9-16-13(3)8-19(24)27-21(16)17-10-22(15-5-6-15)11-25-20(14)17/h8-9,12,15H,4-7,10-11H2,1-3H3. The van der Waals surface area contributed by atoms with Gasteiger partial charge >= 0.3 is 11.6 Å². The molecule has 1 aliphatic carbocycles. The Balaban J connectivity index is 1.73. The molecule has 0 radical (unpaired) electrons. The maximum atomic E-state index is 12.0. The van der Waals surface area contributed by atoms with Gasteiger partial charge in [-0.05, 0) is 57.2 Å². The Morgan fingerprint density at radius 3 is 2.81 bits per heavy atom. The van der Waals surface area contributed by atoms with Gasteiger partial charge in [0.15, 0.2) is 0 Å². The maximum absolute atomic E-state index is 12.0. The summed E-state index contributed by atoms with van der Waals surface area (Å²) in [4.78, 5) is 26.2. The second kappa shape index (κ2) is 7.00. The highest BCUT2D eigenvalue weighted by molar-refractivity contribution is 5.86. The number of benzene rings is 1. The molecule has 1 aromatic carbocycles. The lowest BCUT2D eigenvalue weighted by atomic mass is 9.97. The molecule has 2 heterocycles. The van der Waals surface area contributed by atoms with E-state index in [-0.39, 0.29) is 17.7 Å². The van der Waals surface area contributed by atoms with E-state index in [0.717, 1.165) is 27.8 Å². The Morgan fingerprint density at radius 1 is 1.33 bits per heavy atom. The van der Waals surface area contributed by atoms with E-state index in [1.54, 1.807) is 0 Å². The van der Waals surface area contributed by atoms with E-state index in [1.807, 2.05) is 26.8 Å². The van der Waals surface area contributed by atoms with Crippen molar-refractivity contribution in [3.63, 3.8) is 0 Å². The summed E-state index contributed by atoms with van der Waals surface area (Å²) in [6.45, 7) is 6.83. The SMILES string of the molecule is Cc1cc(=O)oc2c3c(c(CCC(=O)OC(C)C)cc12)OCN(C1CC1)C3. The van der Waals surface area contributed by atoms with E-state index in [9.17, 15) is 9.59 Å². The first-order valence-electron chi connectivity index (χ1n) is 9.58. The highest BCUT2D eigenvalue weighted by Crippen LogP contribution is 2.40. The van der Waals surface area contributed by atoms with Gasteiger partial charge in [-0.1, -0.05) is 0 Å². The summed E-state index contributed by atoms with van der Waals surface area (Å²) in [5.41, 5.74) is 3.01. The highest BCUT2D eigenvalue weighted by Gasteiger charge is 2.34. The minimum absolute atomic E-state index is 0.122. The molecule has 2 aliphatic rings. The number of carbonyl (C=O) groups is 1. The quantitative estimate of drug-likeness (QED) is 0.593. The van der Waals surface area contributed by atoms with Gasteiger partial charge in [0, 0.05) is 30.5 Å². The number of hydrogen-bond acceptors (Lipinski definition) is 6. The van der Waals surface area contributed by atoms with Crippen LogP contribution in [0.25, 0.3) is 11.0 Å². The molecule has 1 fully saturated rings. The van der Waals surface area contributed by atoms with Crippen LogP contribution in [0, 0.1) is 6.92 Å². The summed E-state index contributed by atoms with van der Waals surface area (Å²) < 4.78 is 16.9. The minimum atomic E-state index is -0.348. The van der Waals surface area contributed by atoms with E-state index < -0.39 is 0 Å².